The molecule has 0 fully saturated rings. The van der Waals surface area contributed by atoms with Gasteiger partial charge in [0, 0.05) is 5.56 Å². The van der Waals surface area contributed by atoms with Crippen LogP contribution in [-0.2, 0) is 0 Å². The Bertz CT molecular complexity index is 1090. The average Bonchev–Trinajstić information content (AvgIpc) is 3.33. The van der Waals surface area contributed by atoms with E-state index in [4.69, 9.17) is 4.74 Å². The number of para-hydroxylation sites is 1. The Morgan fingerprint density at radius 2 is 2.00 bits per heavy atom. The molecule has 2 heterocycles. The number of carbonyl (C=O) groups is 1. The minimum absolute atomic E-state index is 0.233. The number of carboxylic acid groups (broad SMARTS) is 1. The lowest BCUT2D eigenvalue weighted by Crippen LogP contribution is -1.99. The van der Waals surface area contributed by atoms with Crippen LogP contribution in [0.15, 0.2) is 61.2 Å². The Balaban J connectivity index is 1.78. The lowest BCUT2D eigenvalue weighted by molar-refractivity contribution is 0.0701. The van der Waals surface area contributed by atoms with Gasteiger partial charge < -0.3 is 9.84 Å². The Hall–Kier alpha value is -3.52. The largest absolute Gasteiger partial charge is 0.477 e. The molecule has 0 aliphatic rings. The molecule has 0 radical (unpaired) electrons. The molecule has 8 heteroatoms. The molecule has 0 spiro atoms. The van der Waals surface area contributed by atoms with E-state index >= 15 is 0 Å². The van der Waals surface area contributed by atoms with Gasteiger partial charge in [-0.25, -0.2) is 19.4 Å². The predicted molar refractivity (Wildman–Crippen MR) is 101 cm³/mol. The minimum atomic E-state index is -0.975. The van der Waals surface area contributed by atoms with Crippen molar-refractivity contribution in [3.63, 3.8) is 0 Å². The van der Waals surface area contributed by atoms with Gasteiger partial charge in [-0.2, -0.15) is 5.10 Å². The third-order valence-corrected chi connectivity index (χ3v) is 5.03. The first-order chi connectivity index (χ1) is 13.1. The molecule has 0 unspecified atom stereocenters. The second-order valence-corrected chi connectivity index (χ2v) is 6.68. The van der Waals surface area contributed by atoms with Crippen LogP contribution >= 0.6 is 11.3 Å². The number of ether oxygens (including phenoxy) is 1. The number of thiazole rings is 1. The van der Waals surface area contributed by atoms with Crippen molar-refractivity contribution in [3.8, 4) is 27.8 Å². The van der Waals surface area contributed by atoms with Crippen LogP contribution in [0, 0.1) is 6.92 Å². The van der Waals surface area contributed by atoms with Gasteiger partial charge in [-0.1, -0.05) is 18.2 Å². The summed E-state index contributed by atoms with van der Waals surface area (Å²) >= 11 is 1.14. The molecule has 0 saturated heterocycles. The zero-order valence-electron chi connectivity index (χ0n) is 14.2. The Labute approximate surface area is 158 Å². The van der Waals surface area contributed by atoms with Crippen molar-refractivity contribution in [1.29, 1.82) is 0 Å². The summed E-state index contributed by atoms with van der Waals surface area (Å²) in [5.74, 6) is 0.323. The number of aromatic nitrogens is 4. The molecule has 4 aromatic rings. The molecular weight excluding hydrogens is 364 g/mol. The van der Waals surface area contributed by atoms with Crippen molar-refractivity contribution < 1.29 is 14.6 Å². The van der Waals surface area contributed by atoms with Crippen molar-refractivity contribution in [2.24, 2.45) is 0 Å². The van der Waals surface area contributed by atoms with E-state index in [0.717, 1.165) is 16.9 Å². The van der Waals surface area contributed by atoms with Crippen LogP contribution in [0.3, 0.4) is 0 Å². The van der Waals surface area contributed by atoms with E-state index in [0.29, 0.717) is 27.9 Å². The van der Waals surface area contributed by atoms with Crippen LogP contribution in [0.1, 0.15) is 15.4 Å². The van der Waals surface area contributed by atoms with Crippen LogP contribution in [0.2, 0.25) is 0 Å². The first kappa shape index (κ1) is 16.9. The van der Waals surface area contributed by atoms with Crippen LogP contribution in [0.4, 0.5) is 0 Å². The lowest BCUT2D eigenvalue weighted by atomic mass is 10.2. The van der Waals surface area contributed by atoms with E-state index < -0.39 is 5.97 Å². The van der Waals surface area contributed by atoms with Crippen molar-refractivity contribution >= 4 is 17.3 Å². The van der Waals surface area contributed by atoms with E-state index in [1.807, 2.05) is 48.5 Å². The summed E-state index contributed by atoms with van der Waals surface area (Å²) < 4.78 is 7.59. The zero-order valence-corrected chi connectivity index (χ0v) is 15.1. The van der Waals surface area contributed by atoms with Gasteiger partial charge in [-0.3, -0.25) is 0 Å². The highest BCUT2D eigenvalue weighted by Gasteiger charge is 2.17. The number of carboxylic acids is 1. The summed E-state index contributed by atoms with van der Waals surface area (Å²) in [5, 5.41) is 14.1. The summed E-state index contributed by atoms with van der Waals surface area (Å²) in [6, 6.07) is 15.0. The van der Waals surface area contributed by atoms with Crippen LogP contribution in [0.25, 0.3) is 16.3 Å². The first-order valence-corrected chi connectivity index (χ1v) is 8.86. The maximum absolute atomic E-state index is 11.3. The summed E-state index contributed by atoms with van der Waals surface area (Å²) in [6.45, 7) is 1.69. The molecule has 0 saturated carbocycles. The van der Waals surface area contributed by atoms with Crippen LogP contribution in [-0.4, -0.2) is 30.8 Å². The van der Waals surface area contributed by atoms with Gasteiger partial charge >= 0.3 is 5.97 Å². The number of aromatic carboxylic acids is 1. The number of hydrogen-bond acceptors (Lipinski definition) is 6. The van der Waals surface area contributed by atoms with E-state index in [2.05, 4.69) is 15.1 Å². The highest BCUT2D eigenvalue weighted by atomic mass is 32.1. The number of nitrogens with zero attached hydrogens (tertiary/aromatic N) is 4. The van der Waals surface area contributed by atoms with Crippen molar-refractivity contribution in [2.45, 2.75) is 6.92 Å². The standard InChI is InChI=1S/C19H14N4O3S/c1-12-17(19(24)25)27-18(22-12)13-7-8-16(26-14-5-3-2-4-6-14)15(9-13)23-11-20-10-21-23/h2-11H,1H3,(H,24,25). The fourth-order valence-corrected chi connectivity index (χ4v) is 3.48. The lowest BCUT2D eigenvalue weighted by Gasteiger charge is -2.12. The first-order valence-electron chi connectivity index (χ1n) is 8.05. The molecule has 2 aromatic heterocycles. The topological polar surface area (TPSA) is 90.1 Å². The monoisotopic (exact) mass is 378 g/mol. The van der Waals surface area contributed by atoms with Crippen LogP contribution < -0.4 is 4.74 Å². The molecule has 0 atom stereocenters. The van der Waals surface area contributed by atoms with Gasteiger partial charge in [0.1, 0.15) is 34.0 Å². The quantitative estimate of drug-likeness (QED) is 0.560. The number of hydrogen-bond donors (Lipinski definition) is 1. The Kier molecular flexibility index (Phi) is 4.39. The molecule has 2 aromatic carbocycles. The van der Waals surface area contributed by atoms with E-state index in [9.17, 15) is 9.90 Å². The molecule has 0 aliphatic heterocycles. The number of aryl methyl sites for hydroxylation is 1. The molecule has 7 nitrogen and oxygen atoms in total. The van der Waals surface area contributed by atoms with Gasteiger partial charge in [-0.15, -0.1) is 11.3 Å². The summed E-state index contributed by atoms with van der Waals surface area (Å²) in [5.41, 5.74) is 1.95. The van der Waals surface area contributed by atoms with Gasteiger partial charge in [-0.05, 0) is 37.3 Å². The molecule has 27 heavy (non-hydrogen) atoms. The smallest absolute Gasteiger partial charge is 0.347 e. The minimum Gasteiger partial charge on any atom is -0.477 e. The highest BCUT2D eigenvalue weighted by molar-refractivity contribution is 7.17. The fraction of sp³-hybridized carbons (Fsp3) is 0.0526. The number of rotatable bonds is 5. The summed E-state index contributed by atoms with van der Waals surface area (Å²) in [6.07, 6.45) is 3.02. The van der Waals surface area contributed by atoms with E-state index in [1.54, 1.807) is 17.9 Å². The second kappa shape index (κ2) is 7.00. The zero-order chi connectivity index (χ0) is 18.8. The molecule has 0 aliphatic carbocycles. The Morgan fingerprint density at radius 3 is 2.67 bits per heavy atom. The summed E-state index contributed by atoms with van der Waals surface area (Å²) in [4.78, 5) is 19.9. The van der Waals surface area contributed by atoms with E-state index in [1.165, 1.54) is 6.33 Å². The third kappa shape index (κ3) is 3.42. The van der Waals surface area contributed by atoms with Gasteiger partial charge in [0.2, 0.25) is 0 Å². The molecular formula is C19H14N4O3S. The van der Waals surface area contributed by atoms with Crippen LogP contribution in [0.5, 0.6) is 11.5 Å². The second-order valence-electron chi connectivity index (χ2n) is 5.68. The van der Waals surface area contributed by atoms with Gasteiger partial charge in [0.25, 0.3) is 0 Å². The maximum atomic E-state index is 11.3. The predicted octanol–water partition coefficient (Wildman–Crippen LogP) is 4.19. The maximum Gasteiger partial charge on any atom is 0.347 e. The fourth-order valence-electron chi connectivity index (χ4n) is 2.58. The van der Waals surface area contributed by atoms with E-state index in [-0.39, 0.29) is 4.88 Å². The SMILES string of the molecule is Cc1nc(-c2ccc(Oc3ccccc3)c(-n3cncn3)c2)sc1C(=O)O. The number of benzene rings is 2. The average molecular weight is 378 g/mol. The Morgan fingerprint density at radius 1 is 1.19 bits per heavy atom. The molecule has 4 rings (SSSR count). The summed E-state index contributed by atoms with van der Waals surface area (Å²) in [7, 11) is 0. The van der Waals surface area contributed by atoms with Crippen molar-refractivity contribution in [2.75, 3.05) is 0 Å². The third-order valence-electron chi connectivity index (χ3n) is 3.83. The molecule has 1 N–H and O–H groups in total. The highest BCUT2D eigenvalue weighted by Crippen LogP contribution is 2.34. The van der Waals surface area contributed by atoms with Crippen molar-refractivity contribution in [3.05, 3.63) is 71.8 Å². The van der Waals surface area contributed by atoms with Gasteiger partial charge in [0.15, 0.2) is 5.75 Å². The molecule has 0 bridgehead atoms. The normalized spacial score (nSPS) is 10.7. The van der Waals surface area contributed by atoms with Gasteiger partial charge in [0.05, 0.1) is 5.69 Å². The van der Waals surface area contributed by atoms with Crippen molar-refractivity contribution in [1.82, 2.24) is 19.7 Å². The molecule has 0 amide bonds. The molecule has 134 valence electrons.